The fourth-order valence-electron chi connectivity index (χ4n) is 1.34. The smallest absolute Gasteiger partial charge is 0.363 e. The number of nitrogens with zero attached hydrogens (tertiary/aromatic N) is 2. The van der Waals surface area contributed by atoms with E-state index in [9.17, 15) is 20.2 Å². The van der Waals surface area contributed by atoms with Gasteiger partial charge < -0.3 is 10.6 Å². The van der Waals surface area contributed by atoms with E-state index in [-0.39, 0.29) is 0 Å². The number of rotatable bonds is 11. The zero-order chi connectivity index (χ0) is 15.4. The molecule has 0 bridgehead atoms. The average Bonchev–Trinajstić information content (AvgIpc) is 2.39. The molecule has 0 spiro atoms. The van der Waals surface area contributed by atoms with Crippen molar-refractivity contribution >= 4 is 0 Å². The molecule has 8 nitrogen and oxygen atoms in total. The second-order valence-corrected chi connectivity index (χ2v) is 4.19. The Hall–Kier alpha value is -2.12. The van der Waals surface area contributed by atoms with Gasteiger partial charge in [-0.25, -0.2) is 0 Å². The van der Waals surface area contributed by atoms with Gasteiger partial charge >= 0.3 is 11.4 Å². The molecule has 0 amide bonds. The van der Waals surface area contributed by atoms with Crippen LogP contribution in [0.25, 0.3) is 0 Å². The number of nitrogens with one attached hydrogen (secondary N) is 2. The van der Waals surface area contributed by atoms with Crippen LogP contribution in [-0.2, 0) is 0 Å². The zero-order valence-corrected chi connectivity index (χ0v) is 11.9. The Kier molecular flexibility index (Phi) is 9.63. The molecule has 20 heavy (non-hydrogen) atoms. The predicted octanol–water partition coefficient (Wildman–Crippen LogP) is 2.00. The molecule has 0 aliphatic carbocycles. The summed E-state index contributed by atoms with van der Waals surface area (Å²) in [5, 5.41) is 27.3. The largest absolute Gasteiger partial charge is 0.385 e. The van der Waals surface area contributed by atoms with Crippen molar-refractivity contribution in [2.24, 2.45) is 0 Å². The van der Waals surface area contributed by atoms with E-state index in [2.05, 4.69) is 10.6 Å². The molecule has 0 aromatic rings. The second-order valence-electron chi connectivity index (χ2n) is 4.19. The van der Waals surface area contributed by atoms with Crippen LogP contribution in [-0.4, -0.2) is 22.9 Å². The number of hydrogen-bond donors (Lipinski definition) is 2. The molecular formula is C12H22N4O4. The molecule has 0 atom stereocenters. The van der Waals surface area contributed by atoms with Crippen LogP contribution in [0.1, 0.15) is 39.5 Å². The fourth-order valence-corrected chi connectivity index (χ4v) is 1.34. The topological polar surface area (TPSA) is 110 Å². The van der Waals surface area contributed by atoms with Crippen LogP contribution in [0.15, 0.2) is 23.8 Å². The molecule has 114 valence electrons. The van der Waals surface area contributed by atoms with Gasteiger partial charge in [0, 0.05) is 13.1 Å². The Balaban J connectivity index is 4.86. The SMILES string of the molecule is CCCCN/C=C(/C(=C\NCCCC)[N+](=O)[O-])[N+](=O)[O-]. The van der Waals surface area contributed by atoms with Crippen molar-refractivity contribution in [3.8, 4) is 0 Å². The lowest BCUT2D eigenvalue weighted by molar-refractivity contribution is -0.480. The summed E-state index contributed by atoms with van der Waals surface area (Å²) in [6.07, 6.45) is 5.73. The molecule has 0 aliphatic heterocycles. The van der Waals surface area contributed by atoms with Gasteiger partial charge in [0.25, 0.3) is 0 Å². The van der Waals surface area contributed by atoms with Crippen molar-refractivity contribution in [2.45, 2.75) is 39.5 Å². The van der Waals surface area contributed by atoms with Crippen molar-refractivity contribution in [2.75, 3.05) is 13.1 Å². The van der Waals surface area contributed by atoms with Crippen molar-refractivity contribution in [1.82, 2.24) is 10.6 Å². The lowest BCUT2D eigenvalue weighted by Crippen LogP contribution is -2.18. The Morgan fingerprint density at radius 3 is 1.50 bits per heavy atom. The van der Waals surface area contributed by atoms with Gasteiger partial charge in [0.15, 0.2) is 0 Å². The molecule has 0 radical (unpaired) electrons. The number of unbranched alkanes of at least 4 members (excludes halogenated alkanes) is 2. The highest BCUT2D eigenvalue weighted by atomic mass is 16.6. The highest BCUT2D eigenvalue weighted by Crippen LogP contribution is 2.10. The van der Waals surface area contributed by atoms with Crippen LogP contribution < -0.4 is 10.6 Å². The van der Waals surface area contributed by atoms with Crippen molar-refractivity contribution in [1.29, 1.82) is 0 Å². The van der Waals surface area contributed by atoms with Crippen molar-refractivity contribution in [3.63, 3.8) is 0 Å². The van der Waals surface area contributed by atoms with E-state index in [4.69, 9.17) is 0 Å². The highest BCUT2D eigenvalue weighted by molar-refractivity contribution is 5.17. The molecule has 0 unspecified atom stereocenters. The summed E-state index contributed by atoms with van der Waals surface area (Å²) in [4.78, 5) is 20.3. The van der Waals surface area contributed by atoms with Crippen LogP contribution >= 0.6 is 0 Å². The number of nitro groups is 2. The summed E-state index contributed by atoms with van der Waals surface area (Å²) in [5.41, 5.74) is -1.09. The average molecular weight is 286 g/mol. The minimum atomic E-state index is -0.755. The van der Waals surface area contributed by atoms with Gasteiger partial charge in [0.05, 0.1) is 22.2 Å². The first-order chi connectivity index (χ1) is 9.54. The third kappa shape index (κ3) is 7.34. The van der Waals surface area contributed by atoms with E-state index in [0.717, 1.165) is 38.1 Å². The third-order valence-electron chi connectivity index (χ3n) is 2.48. The van der Waals surface area contributed by atoms with Gasteiger partial charge in [-0.2, -0.15) is 0 Å². The molecule has 8 heteroatoms. The van der Waals surface area contributed by atoms with E-state index < -0.39 is 21.2 Å². The molecule has 0 aliphatic rings. The normalized spacial score (nSPS) is 12.1. The Morgan fingerprint density at radius 1 is 0.900 bits per heavy atom. The van der Waals surface area contributed by atoms with Crippen molar-refractivity contribution in [3.05, 3.63) is 44.0 Å². The highest BCUT2D eigenvalue weighted by Gasteiger charge is 2.28. The van der Waals surface area contributed by atoms with E-state index in [0.29, 0.717) is 13.1 Å². The summed E-state index contributed by atoms with van der Waals surface area (Å²) in [6, 6.07) is 0. The zero-order valence-electron chi connectivity index (χ0n) is 11.9. The van der Waals surface area contributed by atoms with Gasteiger partial charge in [0.2, 0.25) is 0 Å². The third-order valence-corrected chi connectivity index (χ3v) is 2.48. The molecule has 0 fully saturated rings. The summed E-state index contributed by atoms with van der Waals surface area (Å²) in [6.45, 7) is 5.06. The lowest BCUT2D eigenvalue weighted by atomic mass is 10.3. The summed E-state index contributed by atoms with van der Waals surface area (Å²) >= 11 is 0. The standard InChI is InChI=1S/C12H22N4O4/c1-3-5-7-13-9-11(15(17)18)12(16(19)20)10-14-8-6-4-2/h9-10,13-14H,3-8H2,1-2H3/b11-9-,12-10+. The maximum absolute atomic E-state index is 10.9. The maximum atomic E-state index is 10.9. The van der Waals surface area contributed by atoms with Crippen LogP contribution in [0.2, 0.25) is 0 Å². The van der Waals surface area contributed by atoms with Crippen molar-refractivity contribution < 1.29 is 9.85 Å². The molecule has 2 N–H and O–H groups in total. The Bertz CT molecular complexity index is 344. The van der Waals surface area contributed by atoms with Gasteiger partial charge in [0.1, 0.15) is 0 Å². The van der Waals surface area contributed by atoms with Crippen LogP contribution in [0, 0.1) is 20.2 Å². The summed E-state index contributed by atoms with van der Waals surface area (Å²) < 4.78 is 0. The van der Waals surface area contributed by atoms with Gasteiger partial charge in [-0.15, -0.1) is 0 Å². The van der Waals surface area contributed by atoms with Gasteiger partial charge in [-0.1, -0.05) is 26.7 Å². The summed E-state index contributed by atoms with van der Waals surface area (Å²) in [7, 11) is 0. The van der Waals surface area contributed by atoms with E-state index >= 15 is 0 Å². The van der Waals surface area contributed by atoms with E-state index in [1.165, 1.54) is 0 Å². The van der Waals surface area contributed by atoms with Crippen LogP contribution in [0.3, 0.4) is 0 Å². The van der Waals surface area contributed by atoms with Crippen LogP contribution in [0.5, 0.6) is 0 Å². The monoisotopic (exact) mass is 286 g/mol. The van der Waals surface area contributed by atoms with Gasteiger partial charge in [-0.3, -0.25) is 20.2 Å². The van der Waals surface area contributed by atoms with E-state index in [1.54, 1.807) is 0 Å². The molecular weight excluding hydrogens is 264 g/mol. The van der Waals surface area contributed by atoms with Gasteiger partial charge in [-0.05, 0) is 12.8 Å². The predicted molar refractivity (Wildman–Crippen MR) is 76.0 cm³/mol. The maximum Gasteiger partial charge on any atom is 0.363 e. The minimum Gasteiger partial charge on any atom is -0.385 e. The number of hydrogen-bond acceptors (Lipinski definition) is 6. The fraction of sp³-hybridized carbons (Fsp3) is 0.667. The second kappa shape index (κ2) is 10.8. The first-order valence-electron chi connectivity index (χ1n) is 6.70. The lowest BCUT2D eigenvalue weighted by Gasteiger charge is -2.01. The molecule has 0 rings (SSSR count). The molecule has 0 aromatic carbocycles. The Morgan fingerprint density at radius 2 is 1.25 bits per heavy atom. The quantitative estimate of drug-likeness (QED) is 0.260. The molecule has 0 heterocycles. The molecule has 0 aromatic heterocycles. The molecule has 0 saturated heterocycles. The Labute approximate surface area is 118 Å². The first-order valence-corrected chi connectivity index (χ1v) is 6.70. The minimum absolute atomic E-state index is 0.544. The molecule has 0 saturated carbocycles. The van der Waals surface area contributed by atoms with E-state index in [1.807, 2.05) is 13.8 Å². The first kappa shape index (κ1) is 17.9. The summed E-state index contributed by atoms with van der Waals surface area (Å²) in [5.74, 6) is 0. The van der Waals surface area contributed by atoms with Crippen LogP contribution in [0.4, 0.5) is 0 Å².